The Labute approximate surface area is 101 Å². The molecule has 1 aliphatic heterocycles. The van der Waals surface area contributed by atoms with Gasteiger partial charge in [0, 0.05) is 32.1 Å². The highest BCUT2D eigenvalue weighted by molar-refractivity contribution is 7.89. The van der Waals surface area contributed by atoms with Crippen LogP contribution >= 0.6 is 0 Å². The van der Waals surface area contributed by atoms with Crippen molar-refractivity contribution < 1.29 is 13.5 Å². The van der Waals surface area contributed by atoms with Crippen molar-refractivity contribution in [3.05, 3.63) is 24.5 Å². The predicted molar refractivity (Wildman–Crippen MR) is 62.8 cm³/mol. The minimum atomic E-state index is -3.45. The van der Waals surface area contributed by atoms with Gasteiger partial charge in [-0.15, -0.1) is 0 Å². The van der Waals surface area contributed by atoms with Gasteiger partial charge in [0.15, 0.2) is 0 Å². The summed E-state index contributed by atoms with van der Waals surface area (Å²) in [4.78, 5) is 4.05. The van der Waals surface area contributed by atoms with Crippen LogP contribution in [0.5, 0.6) is 0 Å². The number of aromatic nitrogens is 1. The van der Waals surface area contributed by atoms with E-state index in [1.165, 1.54) is 10.5 Å². The molecule has 2 rings (SSSR count). The van der Waals surface area contributed by atoms with Crippen molar-refractivity contribution in [1.29, 1.82) is 0 Å². The number of rotatable bonds is 3. The van der Waals surface area contributed by atoms with Gasteiger partial charge < -0.3 is 5.11 Å². The minimum absolute atomic E-state index is 0.0407. The van der Waals surface area contributed by atoms with Gasteiger partial charge in [0.1, 0.15) is 4.90 Å². The molecule has 0 saturated carbocycles. The lowest BCUT2D eigenvalue weighted by atomic mass is 10.0. The number of aliphatic hydroxyl groups is 1. The van der Waals surface area contributed by atoms with Gasteiger partial charge in [0.2, 0.25) is 10.0 Å². The molecular formula is C11H16N2O3S. The number of pyridine rings is 1. The van der Waals surface area contributed by atoms with E-state index in [1.807, 2.05) is 0 Å². The Morgan fingerprint density at radius 2 is 2.35 bits per heavy atom. The van der Waals surface area contributed by atoms with Crippen LogP contribution in [0.1, 0.15) is 12.8 Å². The molecule has 2 heterocycles. The van der Waals surface area contributed by atoms with E-state index in [4.69, 9.17) is 5.11 Å². The number of piperidine rings is 1. The molecule has 1 aliphatic rings. The summed E-state index contributed by atoms with van der Waals surface area (Å²) in [5.41, 5.74) is 0. The van der Waals surface area contributed by atoms with Crippen LogP contribution in [-0.4, -0.2) is 42.5 Å². The molecule has 1 saturated heterocycles. The van der Waals surface area contributed by atoms with Gasteiger partial charge in [0.25, 0.3) is 0 Å². The fourth-order valence-electron chi connectivity index (χ4n) is 2.04. The van der Waals surface area contributed by atoms with Crippen molar-refractivity contribution in [2.24, 2.45) is 5.92 Å². The molecule has 1 aromatic heterocycles. The van der Waals surface area contributed by atoms with Crippen LogP contribution in [0.3, 0.4) is 0 Å². The molecule has 1 aromatic rings. The monoisotopic (exact) mass is 256 g/mol. The van der Waals surface area contributed by atoms with Crippen LogP contribution in [0.4, 0.5) is 0 Å². The van der Waals surface area contributed by atoms with Gasteiger partial charge in [-0.1, -0.05) is 0 Å². The lowest BCUT2D eigenvalue weighted by Gasteiger charge is -2.30. The summed E-state index contributed by atoms with van der Waals surface area (Å²) in [6.45, 7) is 0.959. The second-order valence-corrected chi connectivity index (χ2v) is 6.18. The first-order valence-corrected chi connectivity index (χ1v) is 7.09. The normalized spacial score (nSPS) is 22.5. The Morgan fingerprint density at radius 3 is 3.00 bits per heavy atom. The SMILES string of the molecule is O=S(=O)(c1cccnc1)N1CCCC(CO)C1. The topological polar surface area (TPSA) is 70.5 Å². The Balaban J connectivity index is 2.21. The van der Waals surface area contributed by atoms with Crippen LogP contribution in [0, 0.1) is 5.92 Å². The maximum absolute atomic E-state index is 12.3. The van der Waals surface area contributed by atoms with Gasteiger partial charge in [-0.05, 0) is 30.9 Å². The first-order chi connectivity index (χ1) is 8.14. The standard InChI is InChI=1S/C11H16N2O3S/c14-9-10-3-2-6-13(8-10)17(15,16)11-4-1-5-12-7-11/h1,4-5,7,10,14H,2-3,6,8-9H2. The van der Waals surface area contributed by atoms with Crippen LogP contribution in [0.25, 0.3) is 0 Å². The smallest absolute Gasteiger partial charge is 0.244 e. The minimum Gasteiger partial charge on any atom is -0.396 e. The van der Waals surface area contributed by atoms with Crippen molar-refractivity contribution in [1.82, 2.24) is 9.29 Å². The van der Waals surface area contributed by atoms with Gasteiger partial charge in [-0.25, -0.2) is 8.42 Å². The lowest BCUT2D eigenvalue weighted by Crippen LogP contribution is -2.40. The van der Waals surface area contributed by atoms with E-state index in [2.05, 4.69) is 4.98 Å². The van der Waals surface area contributed by atoms with Crippen molar-refractivity contribution in [3.8, 4) is 0 Å². The number of hydrogen-bond acceptors (Lipinski definition) is 4. The number of aliphatic hydroxyl groups excluding tert-OH is 1. The molecule has 0 aliphatic carbocycles. The molecular weight excluding hydrogens is 240 g/mol. The van der Waals surface area contributed by atoms with E-state index >= 15 is 0 Å². The van der Waals surface area contributed by atoms with Crippen LogP contribution in [0.15, 0.2) is 29.4 Å². The zero-order valence-electron chi connectivity index (χ0n) is 9.49. The highest BCUT2D eigenvalue weighted by atomic mass is 32.2. The Morgan fingerprint density at radius 1 is 1.53 bits per heavy atom. The first kappa shape index (κ1) is 12.5. The number of nitrogens with zero attached hydrogens (tertiary/aromatic N) is 2. The average molecular weight is 256 g/mol. The van der Waals surface area contributed by atoms with Gasteiger partial charge >= 0.3 is 0 Å². The molecule has 0 radical (unpaired) electrons. The lowest BCUT2D eigenvalue weighted by molar-refractivity contribution is 0.165. The summed E-state index contributed by atoms with van der Waals surface area (Å²) in [5.74, 6) is 0.0511. The fourth-order valence-corrected chi connectivity index (χ4v) is 3.56. The maximum Gasteiger partial charge on any atom is 0.244 e. The van der Waals surface area contributed by atoms with E-state index in [0.29, 0.717) is 13.1 Å². The highest BCUT2D eigenvalue weighted by Gasteiger charge is 2.29. The molecule has 6 heteroatoms. The maximum atomic E-state index is 12.3. The van der Waals surface area contributed by atoms with E-state index in [0.717, 1.165) is 12.8 Å². The Kier molecular flexibility index (Phi) is 3.76. The van der Waals surface area contributed by atoms with Crippen molar-refractivity contribution in [2.75, 3.05) is 19.7 Å². The molecule has 0 spiro atoms. The number of hydrogen-bond donors (Lipinski definition) is 1. The third kappa shape index (κ3) is 2.65. The van der Waals surface area contributed by atoms with Crippen LogP contribution in [0.2, 0.25) is 0 Å². The summed E-state index contributed by atoms with van der Waals surface area (Å²) in [7, 11) is -3.45. The molecule has 0 amide bonds. The molecule has 1 fully saturated rings. The van der Waals surface area contributed by atoms with Crippen molar-refractivity contribution in [3.63, 3.8) is 0 Å². The molecule has 0 bridgehead atoms. The molecule has 94 valence electrons. The molecule has 1 atom stereocenters. The predicted octanol–water partition coefficient (Wildman–Crippen LogP) is 0.475. The van der Waals surface area contributed by atoms with E-state index in [-0.39, 0.29) is 17.4 Å². The third-order valence-corrected chi connectivity index (χ3v) is 4.86. The Hall–Kier alpha value is -0.980. The summed E-state index contributed by atoms with van der Waals surface area (Å²) >= 11 is 0. The first-order valence-electron chi connectivity index (χ1n) is 5.65. The van der Waals surface area contributed by atoms with Gasteiger partial charge in [-0.3, -0.25) is 4.98 Å². The van der Waals surface area contributed by atoms with E-state index in [1.54, 1.807) is 18.3 Å². The van der Waals surface area contributed by atoms with Gasteiger partial charge in [-0.2, -0.15) is 4.31 Å². The average Bonchev–Trinajstić information content (AvgIpc) is 2.40. The quantitative estimate of drug-likeness (QED) is 0.853. The highest BCUT2D eigenvalue weighted by Crippen LogP contribution is 2.22. The zero-order chi connectivity index (χ0) is 12.3. The van der Waals surface area contributed by atoms with Crippen molar-refractivity contribution in [2.45, 2.75) is 17.7 Å². The molecule has 0 aromatic carbocycles. The second kappa shape index (κ2) is 5.12. The molecule has 1 N–H and O–H groups in total. The summed E-state index contributed by atoms with van der Waals surface area (Å²) in [6, 6.07) is 3.16. The molecule has 5 nitrogen and oxygen atoms in total. The number of sulfonamides is 1. The summed E-state index contributed by atoms with van der Waals surface area (Å²) in [6.07, 6.45) is 4.59. The van der Waals surface area contributed by atoms with Gasteiger partial charge in [0.05, 0.1) is 0 Å². The summed E-state index contributed by atoms with van der Waals surface area (Å²) < 4.78 is 25.9. The largest absolute Gasteiger partial charge is 0.396 e. The Bertz CT molecular complexity index is 461. The third-order valence-electron chi connectivity index (χ3n) is 3.01. The zero-order valence-corrected chi connectivity index (χ0v) is 10.3. The van der Waals surface area contributed by atoms with E-state index in [9.17, 15) is 8.42 Å². The van der Waals surface area contributed by atoms with Crippen LogP contribution < -0.4 is 0 Å². The molecule has 17 heavy (non-hydrogen) atoms. The van der Waals surface area contributed by atoms with Crippen molar-refractivity contribution >= 4 is 10.0 Å². The second-order valence-electron chi connectivity index (χ2n) is 4.24. The summed E-state index contributed by atoms with van der Waals surface area (Å²) in [5, 5.41) is 9.11. The van der Waals surface area contributed by atoms with Crippen LogP contribution in [-0.2, 0) is 10.0 Å². The molecule has 1 unspecified atom stereocenters. The van der Waals surface area contributed by atoms with E-state index < -0.39 is 10.0 Å². The fraction of sp³-hybridized carbons (Fsp3) is 0.545.